The number of hydrogen-bond donors (Lipinski definition) is 1. The minimum atomic E-state index is -0.613. The van der Waals surface area contributed by atoms with Gasteiger partial charge in [0.25, 0.3) is 0 Å². The highest BCUT2D eigenvalue weighted by molar-refractivity contribution is 5.85. The van der Waals surface area contributed by atoms with E-state index in [0.717, 1.165) is 32.1 Å². The van der Waals surface area contributed by atoms with Crippen LogP contribution < -0.4 is 0 Å². The third-order valence-corrected chi connectivity index (χ3v) is 8.59. The van der Waals surface area contributed by atoms with Crippen molar-refractivity contribution in [2.45, 2.75) is 77.4 Å². The lowest BCUT2D eigenvalue weighted by atomic mass is 9.45. The summed E-state index contributed by atoms with van der Waals surface area (Å²) in [6.07, 6.45) is 7.71. The zero-order valence-corrected chi connectivity index (χ0v) is 14.3. The predicted octanol–water partition coefficient (Wildman–Crippen LogP) is 3.70. The van der Waals surface area contributed by atoms with Crippen LogP contribution >= 0.6 is 0 Å². The van der Waals surface area contributed by atoms with E-state index in [1.807, 2.05) is 0 Å². The van der Waals surface area contributed by atoms with Crippen LogP contribution in [0.1, 0.15) is 65.2 Å². The summed E-state index contributed by atoms with van der Waals surface area (Å²) < 4.78 is 0. The molecule has 0 heterocycles. The fourth-order valence-electron chi connectivity index (χ4n) is 7.17. The first-order valence-electron chi connectivity index (χ1n) is 9.43. The van der Waals surface area contributed by atoms with E-state index in [9.17, 15) is 14.8 Å². The molecule has 4 rings (SSSR count). The van der Waals surface area contributed by atoms with Gasteiger partial charge in [0, 0.05) is 6.42 Å². The molecule has 4 fully saturated rings. The van der Waals surface area contributed by atoms with Crippen molar-refractivity contribution in [3.05, 3.63) is 4.91 Å². The smallest absolute Gasteiger partial charge is 0.161 e. The molecule has 128 valence electrons. The van der Waals surface area contributed by atoms with Gasteiger partial charge in [-0.3, -0.25) is 4.79 Å². The Kier molecular flexibility index (Phi) is 3.50. The molecule has 0 aromatic rings. The van der Waals surface area contributed by atoms with Crippen LogP contribution in [0, 0.1) is 39.4 Å². The number of rotatable bonds is 1. The fraction of sp³-hybridized carbons (Fsp3) is 0.947. The topological polar surface area (TPSA) is 66.7 Å². The molecule has 4 nitrogen and oxygen atoms in total. The summed E-state index contributed by atoms with van der Waals surface area (Å²) in [5, 5.41) is 13.6. The molecule has 4 aliphatic rings. The monoisotopic (exact) mass is 319 g/mol. The summed E-state index contributed by atoms with van der Waals surface area (Å²) in [7, 11) is 0. The third kappa shape index (κ3) is 2.03. The number of aliphatic hydroxyl groups is 1. The number of nitroso groups, excluding NO2 is 1. The highest BCUT2D eigenvalue weighted by Gasteiger charge is 2.61. The minimum absolute atomic E-state index is 0.0675. The summed E-state index contributed by atoms with van der Waals surface area (Å²) in [5.41, 5.74) is 0.182. The lowest BCUT2D eigenvalue weighted by molar-refractivity contribution is -0.144. The second kappa shape index (κ2) is 5.11. The Morgan fingerprint density at radius 2 is 1.78 bits per heavy atom. The van der Waals surface area contributed by atoms with Crippen LogP contribution in [-0.4, -0.2) is 23.0 Å². The predicted molar refractivity (Wildman–Crippen MR) is 87.7 cm³/mol. The first kappa shape index (κ1) is 15.7. The molecule has 8 atom stereocenters. The van der Waals surface area contributed by atoms with Crippen molar-refractivity contribution in [2.24, 2.45) is 39.7 Å². The molecule has 4 aliphatic carbocycles. The van der Waals surface area contributed by atoms with Crippen molar-refractivity contribution in [1.82, 2.24) is 0 Å². The zero-order chi connectivity index (χ0) is 16.4. The molecule has 0 aliphatic heterocycles. The minimum Gasteiger partial charge on any atom is -0.393 e. The van der Waals surface area contributed by atoms with E-state index in [-0.39, 0.29) is 22.7 Å². The van der Waals surface area contributed by atoms with Gasteiger partial charge >= 0.3 is 0 Å². The van der Waals surface area contributed by atoms with Crippen molar-refractivity contribution in [3.63, 3.8) is 0 Å². The summed E-state index contributed by atoms with van der Waals surface area (Å²) in [6, 6.07) is -0.613. The summed E-state index contributed by atoms with van der Waals surface area (Å²) in [5.74, 6) is 2.38. The second-order valence-corrected chi connectivity index (χ2v) is 9.29. The van der Waals surface area contributed by atoms with Gasteiger partial charge in [0.05, 0.1) is 6.10 Å². The van der Waals surface area contributed by atoms with E-state index in [4.69, 9.17) is 0 Å². The molecular weight excluding hydrogens is 290 g/mol. The molecule has 4 heteroatoms. The third-order valence-electron chi connectivity index (χ3n) is 8.59. The van der Waals surface area contributed by atoms with E-state index in [1.165, 1.54) is 6.42 Å². The van der Waals surface area contributed by atoms with E-state index >= 15 is 0 Å². The number of carbonyl (C=O) groups is 1. The normalized spacial score (nSPS) is 55.7. The molecule has 0 aromatic carbocycles. The lowest BCUT2D eigenvalue weighted by Crippen LogP contribution is -2.56. The number of Topliss-reactive ketones (excluding diaryl/α,β-unsaturated/α-hetero) is 1. The molecule has 0 bridgehead atoms. The van der Waals surface area contributed by atoms with Gasteiger partial charge in [0.1, 0.15) is 0 Å². The summed E-state index contributed by atoms with van der Waals surface area (Å²) in [4.78, 5) is 23.3. The van der Waals surface area contributed by atoms with Gasteiger partial charge in [0.15, 0.2) is 11.8 Å². The summed E-state index contributed by atoms with van der Waals surface area (Å²) in [6.45, 7) is 4.62. The zero-order valence-electron chi connectivity index (χ0n) is 14.3. The van der Waals surface area contributed by atoms with Crippen LogP contribution in [0.3, 0.4) is 0 Å². The average molecular weight is 319 g/mol. The Morgan fingerprint density at radius 3 is 2.52 bits per heavy atom. The van der Waals surface area contributed by atoms with Crippen molar-refractivity contribution >= 4 is 5.78 Å². The Bertz CT molecular complexity index is 535. The largest absolute Gasteiger partial charge is 0.393 e. The van der Waals surface area contributed by atoms with E-state index in [1.54, 1.807) is 0 Å². The molecule has 0 amide bonds. The number of carbonyl (C=O) groups excluding carboxylic acids is 1. The van der Waals surface area contributed by atoms with E-state index < -0.39 is 6.04 Å². The quantitative estimate of drug-likeness (QED) is 0.749. The highest BCUT2D eigenvalue weighted by atomic mass is 16.3. The van der Waals surface area contributed by atoms with Crippen LogP contribution in [-0.2, 0) is 4.79 Å². The highest BCUT2D eigenvalue weighted by Crippen LogP contribution is 2.66. The molecule has 23 heavy (non-hydrogen) atoms. The molecule has 0 spiro atoms. The number of hydrogen-bond acceptors (Lipinski definition) is 4. The molecule has 1 N–H and O–H groups in total. The maximum absolute atomic E-state index is 12.1. The van der Waals surface area contributed by atoms with Gasteiger partial charge in [0.2, 0.25) is 0 Å². The van der Waals surface area contributed by atoms with Crippen LogP contribution in [0.5, 0.6) is 0 Å². The van der Waals surface area contributed by atoms with Crippen LogP contribution in [0.15, 0.2) is 5.18 Å². The van der Waals surface area contributed by atoms with Crippen LogP contribution in [0.25, 0.3) is 0 Å². The van der Waals surface area contributed by atoms with Gasteiger partial charge in [-0.05, 0) is 79.4 Å². The van der Waals surface area contributed by atoms with Gasteiger partial charge in [-0.1, -0.05) is 19.0 Å². The maximum atomic E-state index is 12.1. The number of aliphatic hydroxyl groups excluding tert-OH is 1. The maximum Gasteiger partial charge on any atom is 0.161 e. The van der Waals surface area contributed by atoms with Crippen molar-refractivity contribution in [2.75, 3.05) is 0 Å². The van der Waals surface area contributed by atoms with Crippen molar-refractivity contribution in [3.8, 4) is 0 Å². The Labute approximate surface area is 138 Å². The molecule has 3 unspecified atom stereocenters. The summed E-state index contributed by atoms with van der Waals surface area (Å²) >= 11 is 0. The number of fused-ring (bicyclic) bond motifs is 5. The Morgan fingerprint density at radius 1 is 1.04 bits per heavy atom. The molecular formula is C19H29NO3. The SMILES string of the molecule is C[C@]12CC(N=O)C(=O)CC1CC[C@@H]1[C@H]2CC[C@]2(C)C(O)CC[C@@H]12. The van der Waals surface area contributed by atoms with Crippen LogP contribution in [0.2, 0.25) is 0 Å². The lowest BCUT2D eigenvalue weighted by Gasteiger charge is -2.60. The molecule has 0 saturated heterocycles. The van der Waals surface area contributed by atoms with Gasteiger partial charge in [-0.15, -0.1) is 0 Å². The van der Waals surface area contributed by atoms with Crippen molar-refractivity contribution in [1.29, 1.82) is 0 Å². The first-order valence-corrected chi connectivity index (χ1v) is 9.43. The van der Waals surface area contributed by atoms with Gasteiger partial charge in [-0.25, -0.2) is 0 Å². The molecule has 4 saturated carbocycles. The standard InChI is InChI=1S/C19H29NO3/c1-18-8-7-14-12(13(18)5-6-17(18)22)4-3-11-9-16(21)15(20-23)10-19(11,14)2/h11-15,17,22H,3-10H2,1-2H3/t11?,12-,13-,14+,15?,17?,18-,19-/m0/s1. The van der Waals surface area contributed by atoms with Gasteiger partial charge < -0.3 is 5.11 Å². The number of nitrogens with zero attached hydrogens (tertiary/aromatic N) is 1. The first-order chi connectivity index (χ1) is 10.9. The molecule has 0 radical (unpaired) electrons. The Hall–Kier alpha value is -0.770. The van der Waals surface area contributed by atoms with Crippen molar-refractivity contribution < 1.29 is 9.90 Å². The average Bonchev–Trinajstić information content (AvgIpc) is 2.83. The van der Waals surface area contributed by atoms with Gasteiger partial charge in [-0.2, -0.15) is 4.91 Å². The Balaban J connectivity index is 1.65. The second-order valence-electron chi connectivity index (χ2n) is 9.29. The fourth-order valence-corrected chi connectivity index (χ4v) is 7.17. The number of ketones is 1. The van der Waals surface area contributed by atoms with E-state index in [0.29, 0.717) is 36.5 Å². The van der Waals surface area contributed by atoms with Crippen LogP contribution in [0.4, 0.5) is 0 Å². The molecule has 0 aromatic heterocycles. The van der Waals surface area contributed by atoms with E-state index in [2.05, 4.69) is 19.0 Å².